The van der Waals surface area contributed by atoms with E-state index in [-0.39, 0.29) is 0 Å². The van der Waals surface area contributed by atoms with Crippen molar-refractivity contribution in [1.82, 2.24) is 14.7 Å². The van der Waals surface area contributed by atoms with Gasteiger partial charge in [-0.3, -0.25) is 9.58 Å². The van der Waals surface area contributed by atoms with Gasteiger partial charge in [-0.15, -0.1) is 0 Å². The van der Waals surface area contributed by atoms with Crippen molar-refractivity contribution in [1.29, 1.82) is 0 Å². The van der Waals surface area contributed by atoms with Crippen LogP contribution in [0.15, 0.2) is 0 Å². The van der Waals surface area contributed by atoms with Crippen molar-refractivity contribution in [2.24, 2.45) is 11.7 Å². The third-order valence-corrected chi connectivity index (χ3v) is 4.44. The lowest BCUT2D eigenvalue weighted by atomic mass is 9.98. The molecule has 5 heteroatoms. The molecule has 1 aromatic rings. The molecule has 4 nitrogen and oxygen atoms in total. The third kappa shape index (κ3) is 3.30. The zero-order valence-corrected chi connectivity index (χ0v) is 12.8. The van der Waals surface area contributed by atoms with E-state index >= 15 is 0 Å². The normalized spacial score (nSPS) is 20.9. The highest BCUT2D eigenvalue weighted by molar-refractivity contribution is 6.31. The summed E-state index contributed by atoms with van der Waals surface area (Å²) in [7, 11) is 0. The zero-order chi connectivity index (χ0) is 13.8. The lowest BCUT2D eigenvalue weighted by molar-refractivity contribution is 0.167. The minimum atomic E-state index is 0.635. The maximum Gasteiger partial charge on any atom is 0.0863 e. The molecule has 1 aliphatic rings. The van der Waals surface area contributed by atoms with E-state index in [1.807, 2.05) is 4.68 Å². The first kappa shape index (κ1) is 14.8. The summed E-state index contributed by atoms with van der Waals surface area (Å²) < 4.78 is 2.05. The summed E-state index contributed by atoms with van der Waals surface area (Å²) in [5.74, 6) is 0.635. The minimum absolute atomic E-state index is 0.635. The molecule has 1 saturated heterocycles. The van der Waals surface area contributed by atoms with Crippen LogP contribution >= 0.6 is 11.6 Å². The van der Waals surface area contributed by atoms with E-state index in [0.717, 1.165) is 49.9 Å². The molecule has 0 radical (unpaired) electrons. The molecule has 1 atom stereocenters. The Kier molecular flexibility index (Phi) is 5.25. The standard InChI is InChI=1S/C14H25ClN4/c1-3-12-14(15)13(19(4-2)17-12)10-18-7-5-6-11(8-16)9-18/h11H,3-10,16H2,1-2H3. The molecule has 2 N–H and O–H groups in total. The number of rotatable bonds is 5. The van der Waals surface area contributed by atoms with Gasteiger partial charge in [0, 0.05) is 19.6 Å². The molecule has 1 fully saturated rings. The molecule has 0 aliphatic carbocycles. The second-order valence-electron chi connectivity index (χ2n) is 5.36. The predicted molar refractivity (Wildman–Crippen MR) is 79.3 cm³/mol. The Bertz CT molecular complexity index is 416. The average Bonchev–Trinajstić information content (AvgIpc) is 2.75. The van der Waals surface area contributed by atoms with Gasteiger partial charge in [0.05, 0.1) is 16.4 Å². The summed E-state index contributed by atoms with van der Waals surface area (Å²) in [4.78, 5) is 2.47. The Morgan fingerprint density at radius 1 is 1.42 bits per heavy atom. The lowest BCUT2D eigenvalue weighted by Crippen LogP contribution is -2.38. The highest BCUT2D eigenvalue weighted by Crippen LogP contribution is 2.25. The molecule has 0 saturated carbocycles. The quantitative estimate of drug-likeness (QED) is 0.902. The van der Waals surface area contributed by atoms with Gasteiger partial charge in [-0.25, -0.2) is 0 Å². The molecule has 0 aromatic carbocycles. The number of piperidine rings is 1. The summed E-state index contributed by atoms with van der Waals surface area (Å²) in [6.45, 7) is 9.01. The van der Waals surface area contributed by atoms with Gasteiger partial charge in [0.1, 0.15) is 0 Å². The van der Waals surface area contributed by atoms with Gasteiger partial charge in [-0.05, 0) is 45.2 Å². The summed E-state index contributed by atoms with van der Waals surface area (Å²) in [5, 5.41) is 5.45. The molecule has 19 heavy (non-hydrogen) atoms. The van der Waals surface area contributed by atoms with Gasteiger partial charge in [0.25, 0.3) is 0 Å². The summed E-state index contributed by atoms with van der Waals surface area (Å²) in [6.07, 6.45) is 3.39. The van der Waals surface area contributed by atoms with Crippen LogP contribution in [-0.4, -0.2) is 34.3 Å². The van der Waals surface area contributed by atoms with E-state index in [1.165, 1.54) is 18.5 Å². The number of aryl methyl sites for hydroxylation is 2. The number of nitrogens with zero attached hydrogens (tertiary/aromatic N) is 3. The molecule has 2 rings (SSSR count). The highest BCUT2D eigenvalue weighted by atomic mass is 35.5. The topological polar surface area (TPSA) is 47.1 Å². The Labute approximate surface area is 120 Å². The second-order valence-corrected chi connectivity index (χ2v) is 5.73. The van der Waals surface area contributed by atoms with Gasteiger partial charge in [-0.2, -0.15) is 5.10 Å². The van der Waals surface area contributed by atoms with E-state index in [4.69, 9.17) is 17.3 Å². The van der Waals surface area contributed by atoms with Crippen LogP contribution in [0.4, 0.5) is 0 Å². The fourth-order valence-electron chi connectivity index (χ4n) is 2.87. The largest absolute Gasteiger partial charge is 0.330 e. The fourth-order valence-corrected chi connectivity index (χ4v) is 3.20. The Morgan fingerprint density at radius 2 is 2.21 bits per heavy atom. The second kappa shape index (κ2) is 6.73. The van der Waals surface area contributed by atoms with Crippen LogP contribution in [0.1, 0.15) is 38.1 Å². The molecule has 1 unspecified atom stereocenters. The van der Waals surface area contributed by atoms with Crippen molar-refractivity contribution >= 4 is 11.6 Å². The summed E-state index contributed by atoms with van der Waals surface area (Å²) >= 11 is 6.46. The number of aromatic nitrogens is 2. The van der Waals surface area contributed by atoms with Crippen LogP contribution in [0.25, 0.3) is 0 Å². The monoisotopic (exact) mass is 284 g/mol. The van der Waals surface area contributed by atoms with Crippen LogP contribution < -0.4 is 5.73 Å². The fraction of sp³-hybridized carbons (Fsp3) is 0.786. The molecule has 0 bridgehead atoms. The first-order valence-electron chi connectivity index (χ1n) is 7.36. The highest BCUT2D eigenvalue weighted by Gasteiger charge is 2.22. The van der Waals surface area contributed by atoms with Gasteiger partial charge >= 0.3 is 0 Å². The molecule has 1 aliphatic heterocycles. The van der Waals surface area contributed by atoms with Crippen molar-refractivity contribution in [3.05, 3.63) is 16.4 Å². The van der Waals surface area contributed by atoms with Gasteiger partial charge < -0.3 is 5.73 Å². The maximum atomic E-state index is 6.46. The van der Waals surface area contributed by atoms with E-state index in [1.54, 1.807) is 0 Å². The maximum absolute atomic E-state index is 6.46. The van der Waals surface area contributed by atoms with E-state index in [0.29, 0.717) is 5.92 Å². The number of nitrogens with two attached hydrogens (primary N) is 1. The van der Waals surface area contributed by atoms with Gasteiger partial charge in [-0.1, -0.05) is 18.5 Å². The molecule has 2 heterocycles. The van der Waals surface area contributed by atoms with Crippen molar-refractivity contribution in [2.75, 3.05) is 19.6 Å². The predicted octanol–water partition coefficient (Wildman–Crippen LogP) is 2.29. The molecule has 108 valence electrons. The summed E-state index contributed by atoms with van der Waals surface area (Å²) in [5.41, 5.74) is 7.98. The van der Waals surface area contributed by atoms with E-state index < -0.39 is 0 Å². The van der Waals surface area contributed by atoms with Crippen molar-refractivity contribution < 1.29 is 0 Å². The first-order valence-corrected chi connectivity index (χ1v) is 7.73. The van der Waals surface area contributed by atoms with E-state index in [9.17, 15) is 0 Å². The Hall–Kier alpha value is -0.580. The minimum Gasteiger partial charge on any atom is -0.330 e. The molecule has 0 spiro atoms. The van der Waals surface area contributed by atoms with Crippen LogP contribution in [0.3, 0.4) is 0 Å². The third-order valence-electron chi connectivity index (χ3n) is 4.00. The molecule has 0 amide bonds. The number of likely N-dealkylation sites (tertiary alicyclic amines) is 1. The van der Waals surface area contributed by atoms with Gasteiger partial charge in [0.2, 0.25) is 0 Å². The average molecular weight is 285 g/mol. The first-order chi connectivity index (χ1) is 9.19. The number of hydrogen-bond donors (Lipinski definition) is 1. The number of hydrogen-bond acceptors (Lipinski definition) is 3. The zero-order valence-electron chi connectivity index (χ0n) is 12.0. The van der Waals surface area contributed by atoms with Crippen molar-refractivity contribution in [3.63, 3.8) is 0 Å². The molecule has 1 aromatic heterocycles. The SMILES string of the molecule is CCc1nn(CC)c(CN2CCCC(CN)C2)c1Cl. The Morgan fingerprint density at radius 3 is 2.84 bits per heavy atom. The van der Waals surface area contributed by atoms with Crippen molar-refractivity contribution in [3.8, 4) is 0 Å². The smallest absolute Gasteiger partial charge is 0.0863 e. The molecular weight excluding hydrogens is 260 g/mol. The van der Waals surface area contributed by atoms with Crippen LogP contribution in [0.5, 0.6) is 0 Å². The van der Waals surface area contributed by atoms with E-state index in [2.05, 4.69) is 23.8 Å². The van der Waals surface area contributed by atoms with Crippen LogP contribution in [0, 0.1) is 5.92 Å². The molecular formula is C14H25ClN4. The van der Waals surface area contributed by atoms with Crippen LogP contribution in [0.2, 0.25) is 5.02 Å². The lowest BCUT2D eigenvalue weighted by Gasteiger charge is -2.32. The summed E-state index contributed by atoms with van der Waals surface area (Å²) in [6, 6.07) is 0. The van der Waals surface area contributed by atoms with Gasteiger partial charge in [0.15, 0.2) is 0 Å². The number of halogens is 1. The van der Waals surface area contributed by atoms with Crippen molar-refractivity contribution in [2.45, 2.75) is 46.2 Å². The Balaban J connectivity index is 2.11. The van der Waals surface area contributed by atoms with Crippen LogP contribution in [-0.2, 0) is 19.5 Å².